The molecule has 2 atom stereocenters. The second kappa shape index (κ2) is 11.8. The normalized spacial score (nSPS) is 20.6. The molecular weight excluding hydrogens is 503 g/mol. The third-order valence-corrected chi connectivity index (χ3v) is 5.88. The summed E-state index contributed by atoms with van der Waals surface area (Å²) in [6.45, 7) is 5.61. The number of pyridine rings is 1. The topological polar surface area (TPSA) is 72.9 Å². The molecule has 2 aliphatic heterocycles. The van der Waals surface area contributed by atoms with Gasteiger partial charge in [-0.25, -0.2) is 4.98 Å². The van der Waals surface area contributed by atoms with Crippen molar-refractivity contribution in [3.05, 3.63) is 23.4 Å². The molecule has 0 radical (unpaired) electrons. The van der Waals surface area contributed by atoms with E-state index in [-0.39, 0.29) is 24.0 Å². The van der Waals surface area contributed by atoms with Gasteiger partial charge in [-0.3, -0.25) is 9.79 Å². The first-order valence-electron chi connectivity index (χ1n) is 10.2. The van der Waals surface area contributed by atoms with Gasteiger partial charge in [0.05, 0.1) is 5.02 Å². The Kier molecular flexibility index (Phi) is 9.74. The first kappa shape index (κ1) is 24.0. The van der Waals surface area contributed by atoms with E-state index in [1.165, 1.54) is 0 Å². The fourth-order valence-electron chi connectivity index (χ4n) is 4.06. The second-order valence-corrected chi connectivity index (χ2v) is 7.83. The molecular formula is C20H32ClIN6O. The first-order valence-corrected chi connectivity index (χ1v) is 10.6. The number of nitrogens with zero attached hydrogens (tertiary/aromatic N) is 4. The van der Waals surface area contributed by atoms with Gasteiger partial charge in [-0.1, -0.05) is 18.5 Å². The van der Waals surface area contributed by atoms with Crippen LogP contribution in [-0.4, -0.2) is 67.1 Å². The number of hydrogen-bond donors (Lipinski definition) is 2. The van der Waals surface area contributed by atoms with Gasteiger partial charge in [0.1, 0.15) is 5.82 Å². The number of anilines is 1. The Bertz CT molecular complexity index is 703. The Morgan fingerprint density at radius 2 is 2.28 bits per heavy atom. The Morgan fingerprint density at radius 3 is 2.93 bits per heavy atom. The summed E-state index contributed by atoms with van der Waals surface area (Å²) in [5.74, 6) is 1.95. The van der Waals surface area contributed by atoms with Gasteiger partial charge >= 0.3 is 0 Å². The Morgan fingerprint density at radius 1 is 1.45 bits per heavy atom. The van der Waals surface area contributed by atoms with Crippen molar-refractivity contribution in [3.8, 4) is 0 Å². The van der Waals surface area contributed by atoms with Gasteiger partial charge in [0.25, 0.3) is 0 Å². The van der Waals surface area contributed by atoms with Crippen molar-refractivity contribution in [1.82, 2.24) is 20.5 Å². The van der Waals surface area contributed by atoms with Crippen molar-refractivity contribution in [2.24, 2.45) is 4.99 Å². The number of aromatic nitrogens is 1. The lowest BCUT2D eigenvalue weighted by Gasteiger charge is -2.27. The van der Waals surface area contributed by atoms with Crippen molar-refractivity contribution < 1.29 is 4.79 Å². The summed E-state index contributed by atoms with van der Waals surface area (Å²) in [6.07, 6.45) is 6.40. The smallest absolute Gasteiger partial charge is 0.222 e. The quantitative estimate of drug-likeness (QED) is 0.320. The standard InChI is InChI=1S/C20H31ClN6O.HI/c1-3-16(27-12-5-7-18(27)28)8-11-24-20(22-2)25-15-9-13-26(14-15)19-17(21)6-4-10-23-19;/h4,6,10,15-16H,3,5,7-9,11-14H2,1-2H3,(H2,22,24,25);1H. The Labute approximate surface area is 195 Å². The third kappa shape index (κ3) is 6.34. The molecule has 2 aliphatic rings. The lowest BCUT2D eigenvalue weighted by Crippen LogP contribution is -2.46. The van der Waals surface area contributed by atoms with Crippen LogP contribution in [0.5, 0.6) is 0 Å². The second-order valence-electron chi connectivity index (χ2n) is 7.43. The van der Waals surface area contributed by atoms with Crippen molar-refractivity contribution in [1.29, 1.82) is 0 Å². The molecule has 2 saturated heterocycles. The lowest BCUT2D eigenvalue weighted by molar-refractivity contribution is -0.129. The summed E-state index contributed by atoms with van der Waals surface area (Å²) in [7, 11) is 1.79. The molecule has 2 N–H and O–H groups in total. The minimum absolute atomic E-state index is 0. The average Bonchev–Trinajstić information content (AvgIpc) is 3.34. The molecule has 3 rings (SSSR count). The summed E-state index contributed by atoms with van der Waals surface area (Å²) in [4.78, 5) is 25.0. The SMILES string of the molecule is CCC(CCNC(=NC)NC1CCN(c2ncccc2Cl)C1)N1CCCC1=O.I. The molecule has 0 bridgehead atoms. The predicted octanol–water partition coefficient (Wildman–Crippen LogP) is 2.89. The van der Waals surface area contributed by atoms with Gasteiger partial charge in [-0.2, -0.15) is 0 Å². The van der Waals surface area contributed by atoms with Crippen LogP contribution in [0.4, 0.5) is 5.82 Å². The first-order chi connectivity index (χ1) is 13.6. The summed E-state index contributed by atoms with van der Waals surface area (Å²) in [6, 6.07) is 4.34. The summed E-state index contributed by atoms with van der Waals surface area (Å²) >= 11 is 6.27. The van der Waals surface area contributed by atoms with Crippen LogP contribution in [-0.2, 0) is 4.79 Å². The number of carbonyl (C=O) groups excluding carboxylic acids is 1. The van der Waals surface area contributed by atoms with Crippen molar-refractivity contribution >= 4 is 53.3 Å². The number of carbonyl (C=O) groups is 1. The van der Waals surface area contributed by atoms with Crippen LogP contribution >= 0.6 is 35.6 Å². The van der Waals surface area contributed by atoms with E-state index in [1.54, 1.807) is 13.2 Å². The van der Waals surface area contributed by atoms with Crippen LogP contribution in [0.1, 0.15) is 39.0 Å². The van der Waals surface area contributed by atoms with E-state index in [9.17, 15) is 4.79 Å². The molecule has 2 fully saturated rings. The highest BCUT2D eigenvalue weighted by Gasteiger charge is 2.27. The zero-order valence-corrected chi connectivity index (χ0v) is 20.3. The molecule has 9 heteroatoms. The number of hydrogen-bond acceptors (Lipinski definition) is 4. The van der Waals surface area contributed by atoms with Crippen molar-refractivity contribution in [2.75, 3.05) is 38.1 Å². The van der Waals surface area contributed by atoms with Crippen LogP contribution in [0.15, 0.2) is 23.3 Å². The minimum atomic E-state index is 0. The molecule has 3 heterocycles. The van der Waals surface area contributed by atoms with E-state index in [0.717, 1.165) is 63.6 Å². The number of halogens is 2. The molecule has 1 aromatic heterocycles. The van der Waals surface area contributed by atoms with Crippen molar-refractivity contribution in [3.63, 3.8) is 0 Å². The highest BCUT2D eigenvalue weighted by molar-refractivity contribution is 14.0. The van der Waals surface area contributed by atoms with E-state index >= 15 is 0 Å². The van der Waals surface area contributed by atoms with Gasteiger partial charge in [-0.15, -0.1) is 24.0 Å². The molecule has 0 aliphatic carbocycles. The monoisotopic (exact) mass is 534 g/mol. The Hall–Kier alpha value is -1.29. The van der Waals surface area contributed by atoms with Crippen LogP contribution in [0.25, 0.3) is 0 Å². The molecule has 0 aromatic carbocycles. The maximum Gasteiger partial charge on any atom is 0.222 e. The zero-order valence-electron chi connectivity index (χ0n) is 17.2. The van der Waals surface area contributed by atoms with Gasteiger partial charge in [0.15, 0.2) is 5.96 Å². The van der Waals surface area contributed by atoms with E-state index in [1.807, 2.05) is 17.0 Å². The molecule has 0 spiro atoms. The minimum Gasteiger partial charge on any atom is -0.356 e. The average molecular weight is 535 g/mol. The van der Waals surface area contributed by atoms with Crippen LogP contribution < -0.4 is 15.5 Å². The number of amides is 1. The summed E-state index contributed by atoms with van der Waals surface area (Å²) in [5.41, 5.74) is 0. The van der Waals surface area contributed by atoms with Crippen molar-refractivity contribution in [2.45, 2.75) is 51.1 Å². The highest BCUT2D eigenvalue weighted by atomic mass is 127. The van der Waals surface area contributed by atoms with E-state index < -0.39 is 0 Å². The summed E-state index contributed by atoms with van der Waals surface area (Å²) < 4.78 is 0. The van der Waals surface area contributed by atoms with E-state index in [4.69, 9.17) is 11.6 Å². The Balaban J connectivity index is 0.00000300. The van der Waals surface area contributed by atoms with Gasteiger partial charge in [-0.05, 0) is 37.8 Å². The van der Waals surface area contributed by atoms with Gasteiger partial charge < -0.3 is 20.4 Å². The van der Waals surface area contributed by atoms with E-state index in [2.05, 4.69) is 32.4 Å². The summed E-state index contributed by atoms with van der Waals surface area (Å²) in [5, 5.41) is 7.59. The molecule has 1 amide bonds. The van der Waals surface area contributed by atoms with E-state index in [0.29, 0.717) is 29.4 Å². The third-order valence-electron chi connectivity index (χ3n) is 5.58. The van der Waals surface area contributed by atoms with Crippen LogP contribution in [0, 0.1) is 0 Å². The lowest BCUT2D eigenvalue weighted by atomic mass is 10.1. The molecule has 0 saturated carbocycles. The van der Waals surface area contributed by atoms with Gasteiger partial charge in [0.2, 0.25) is 5.91 Å². The number of nitrogens with one attached hydrogen (secondary N) is 2. The molecule has 1 aromatic rings. The number of guanidine groups is 1. The molecule has 7 nitrogen and oxygen atoms in total. The van der Waals surface area contributed by atoms with Crippen LogP contribution in [0.2, 0.25) is 5.02 Å². The molecule has 162 valence electrons. The number of aliphatic imine (C=N–C) groups is 1. The number of rotatable bonds is 7. The maximum absolute atomic E-state index is 12.0. The van der Waals surface area contributed by atoms with Gasteiger partial charge in [0, 0.05) is 57.9 Å². The molecule has 29 heavy (non-hydrogen) atoms. The highest BCUT2D eigenvalue weighted by Crippen LogP contribution is 2.25. The largest absolute Gasteiger partial charge is 0.356 e. The zero-order chi connectivity index (χ0) is 19.9. The fraction of sp³-hybridized carbons (Fsp3) is 0.650. The maximum atomic E-state index is 12.0. The van der Waals surface area contributed by atoms with Crippen LogP contribution in [0.3, 0.4) is 0 Å². The fourth-order valence-corrected chi connectivity index (χ4v) is 4.30. The number of likely N-dealkylation sites (tertiary alicyclic amines) is 1. The molecule has 2 unspecified atom stereocenters. The predicted molar refractivity (Wildman–Crippen MR) is 129 cm³/mol.